The monoisotopic (exact) mass is 387 g/mol. The van der Waals surface area contributed by atoms with Gasteiger partial charge in [0.05, 0.1) is 10.8 Å². The highest BCUT2D eigenvalue weighted by Crippen LogP contribution is 2.26. The minimum absolute atomic E-state index is 0.121. The molecule has 1 unspecified atom stereocenters. The molecule has 1 aliphatic rings. The first kappa shape index (κ1) is 20.2. The second-order valence-electron chi connectivity index (χ2n) is 8.49. The number of nitrogens with zero attached hydrogens (tertiary/aromatic N) is 1. The van der Waals surface area contributed by atoms with Crippen LogP contribution in [0.4, 0.5) is 4.39 Å². The summed E-state index contributed by atoms with van der Waals surface area (Å²) in [5.41, 5.74) is 2.57. The standard InChI is InChI=1S/C23H30FNOS/c1-23(2,3)19-6-10-21(11-7-19)27(26)22-13-16-25(17-14-22)15-12-18-4-8-20(24)9-5-18/h4-11,22H,12-17H2,1-3H3. The Morgan fingerprint density at radius 3 is 2.15 bits per heavy atom. The number of hydrogen-bond donors (Lipinski definition) is 0. The maximum Gasteiger partial charge on any atom is 0.123 e. The van der Waals surface area contributed by atoms with Gasteiger partial charge in [0.1, 0.15) is 5.82 Å². The Bertz CT molecular complexity index is 756. The molecule has 27 heavy (non-hydrogen) atoms. The highest BCUT2D eigenvalue weighted by atomic mass is 32.2. The molecule has 2 aromatic carbocycles. The van der Waals surface area contributed by atoms with Crippen molar-refractivity contribution in [3.05, 3.63) is 65.5 Å². The zero-order valence-corrected chi connectivity index (χ0v) is 17.4. The SMILES string of the molecule is CC(C)(C)c1ccc(S(=O)C2CCN(CCc3ccc(F)cc3)CC2)cc1. The van der Waals surface area contributed by atoms with Gasteiger partial charge in [-0.1, -0.05) is 45.0 Å². The lowest BCUT2D eigenvalue weighted by molar-refractivity contribution is 0.234. The third-order valence-electron chi connectivity index (χ3n) is 5.42. The predicted molar refractivity (Wildman–Crippen MR) is 111 cm³/mol. The van der Waals surface area contributed by atoms with E-state index in [1.54, 1.807) is 0 Å². The summed E-state index contributed by atoms with van der Waals surface area (Å²) in [6, 6.07) is 15.1. The highest BCUT2D eigenvalue weighted by molar-refractivity contribution is 7.85. The number of likely N-dealkylation sites (tertiary alicyclic amines) is 1. The Morgan fingerprint density at radius 1 is 1.00 bits per heavy atom. The van der Waals surface area contributed by atoms with Crippen LogP contribution in [0, 0.1) is 5.82 Å². The fourth-order valence-corrected chi connectivity index (χ4v) is 4.99. The Morgan fingerprint density at radius 2 is 1.59 bits per heavy atom. The molecule has 0 spiro atoms. The molecular weight excluding hydrogens is 357 g/mol. The van der Waals surface area contributed by atoms with Gasteiger partial charge in [-0.2, -0.15) is 0 Å². The molecule has 2 aromatic rings. The average Bonchev–Trinajstić information content (AvgIpc) is 2.67. The van der Waals surface area contributed by atoms with E-state index in [4.69, 9.17) is 0 Å². The fraction of sp³-hybridized carbons (Fsp3) is 0.478. The molecule has 1 fully saturated rings. The van der Waals surface area contributed by atoms with E-state index in [1.807, 2.05) is 24.3 Å². The van der Waals surface area contributed by atoms with Gasteiger partial charge in [-0.25, -0.2) is 4.39 Å². The molecule has 0 radical (unpaired) electrons. The summed E-state index contributed by atoms with van der Waals surface area (Å²) in [4.78, 5) is 3.38. The lowest BCUT2D eigenvalue weighted by atomic mass is 9.87. The molecule has 0 aliphatic carbocycles. The predicted octanol–water partition coefficient (Wildman–Crippen LogP) is 4.94. The van der Waals surface area contributed by atoms with Crippen molar-refractivity contribution < 1.29 is 8.60 Å². The molecule has 2 nitrogen and oxygen atoms in total. The Hall–Kier alpha value is -1.52. The Kier molecular flexibility index (Phi) is 6.48. The van der Waals surface area contributed by atoms with Crippen LogP contribution >= 0.6 is 0 Å². The molecule has 4 heteroatoms. The van der Waals surface area contributed by atoms with Gasteiger partial charge in [-0.15, -0.1) is 0 Å². The normalized spacial score (nSPS) is 17.8. The van der Waals surface area contributed by atoms with Gasteiger partial charge in [0, 0.05) is 16.7 Å². The van der Waals surface area contributed by atoms with E-state index < -0.39 is 10.8 Å². The highest BCUT2D eigenvalue weighted by Gasteiger charge is 2.25. The van der Waals surface area contributed by atoms with E-state index in [1.165, 1.54) is 23.3 Å². The van der Waals surface area contributed by atoms with Crippen molar-refractivity contribution in [2.45, 2.75) is 55.6 Å². The molecule has 1 aliphatic heterocycles. The smallest absolute Gasteiger partial charge is 0.123 e. The van der Waals surface area contributed by atoms with Gasteiger partial charge in [0.25, 0.3) is 0 Å². The maximum atomic E-state index is 13.0. The van der Waals surface area contributed by atoms with E-state index in [9.17, 15) is 8.60 Å². The number of piperidine rings is 1. The van der Waals surface area contributed by atoms with Crippen LogP contribution in [0.15, 0.2) is 53.4 Å². The van der Waals surface area contributed by atoms with Crippen molar-refractivity contribution in [3.8, 4) is 0 Å². The molecule has 0 bridgehead atoms. The van der Waals surface area contributed by atoms with Crippen molar-refractivity contribution in [2.24, 2.45) is 0 Å². The minimum Gasteiger partial charge on any atom is -0.303 e. The fourth-order valence-electron chi connectivity index (χ4n) is 3.57. The molecule has 1 atom stereocenters. The van der Waals surface area contributed by atoms with E-state index in [2.05, 4.69) is 37.8 Å². The first-order valence-electron chi connectivity index (χ1n) is 9.81. The zero-order chi connectivity index (χ0) is 19.4. The van der Waals surface area contributed by atoms with Crippen molar-refractivity contribution in [2.75, 3.05) is 19.6 Å². The molecule has 1 saturated heterocycles. The molecule has 3 rings (SSSR count). The second-order valence-corrected chi connectivity index (χ2v) is 10.2. The Labute approximate surface area is 165 Å². The van der Waals surface area contributed by atoms with E-state index in [-0.39, 0.29) is 16.5 Å². The van der Waals surface area contributed by atoms with Crippen molar-refractivity contribution in [3.63, 3.8) is 0 Å². The molecular formula is C23H30FNOS. The van der Waals surface area contributed by atoms with Crippen LogP contribution in [0.2, 0.25) is 0 Å². The zero-order valence-electron chi connectivity index (χ0n) is 16.6. The number of rotatable bonds is 5. The van der Waals surface area contributed by atoms with E-state index in [0.29, 0.717) is 0 Å². The van der Waals surface area contributed by atoms with Gasteiger partial charge in [-0.3, -0.25) is 4.21 Å². The van der Waals surface area contributed by atoms with Gasteiger partial charge in [-0.05, 0) is 73.2 Å². The second kappa shape index (κ2) is 8.66. The Balaban J connectivity index is 1.49. The topological polar surface area (TPSA) is 20.3 Å². The van der Waals surface area contributed by atoms with Crippen LogP contribution < -0.4 is 0 Å². The van der Waals surface area contributed by atoms with Gasteiger partial charge in [0.2, 0.25) is 0 Å². The number of benzene rings is 2. The molecule has 0 aromatic heterocycles. The first-order chi connectivity index (χ1) is 12.8. The third kappa shape index (κ3) is 5.49. The van der Waals surface area contributed by atoms with Gasteiger partial charge in [0.15, 0.2) is 0 Å². The molecule has 146 valence electrons. The van der Waals surface area contributed by atoms with Crippen LogP contribution in [0.25, 0.3) is 0 Å². The van der Waals surface area contributed by atoms with Crippen molar-refractivity contribution >= 4 is 10.8 Å². The lowest BCUT2D eigenvalue weighted by Gasteiger charge is -2.31. The minimum atomic E-state index is -0.931. The number of hydrogen-bond acceptors (Lipinski definition) is 2. The summed E-state index contributed by atoms with van der Waals surface area (Å²) in [5, 5.41) is 0.243. The van der Waals surface area contributed by atoms with Crippen LogP contribution in [0.3, 0.4) is 0 Å². The summed E-state index contributed by atoms with van der Waals surface area (Å²) in [7, 11) is -0.931. The van der Waals surface area contributed by atoms with E-state index >= 15 is 0 Å². The summed E-state index contributed by atoms with van der Waals surface area (Å²) >= 11 is 0. The molecule has 1 heterocycles. The summed E-state index contributed by atoms with van der Waals surface area (Å²) in [6.45, 7) is 9.53. The summed E-state index contributed by atoms with van der Waals surface area (Å²) < 4.78 is 25.9. The quantitative estimate of drug-likeness (QED) is 0.724. The van der Waals surface area contributed by atoms with Crippen molar-refractivity contribution in [1.82, 2.24) is 4.90 Å². The third-order valence-corrected chi connectivity index (χ3v) is 7.23. The van der Waals surface area contributed by atoms with Gasteiger partial charge < -0.3 is 4.90 Å². The largest absolute Gasteiger partial charge is 0.303 e. The molecule has 0 N–H and O–H groups in total. The number of halogens is 1. The molecule has 0 amide bonds. The van der Waals surface area contributed by atoms with Crippen LogP contribution in [0.5, 0.6) is 0 Å². The summed E-state index contributed by atoms with van der Waals surface area (Å²) in [6.07, 6.45) is 2.87. The summed E-state index contributed by atoms with van der Waals surface area (Å²) in [5.74, 6) is -0.183. The van der Waals surface area contributed by atoms with Crippen LogP contribution in [0.1, 0.15) is 44.7 Å². The van der Waals surface area contributed by atoms with Crippen LogP contribution in [-0.4, -0.2) is 34.0 Å². The maximum absolute atomic E-state index is 13.0. The average molecular weight is 388 g/mol. The van der Waals surface area contributed by atoms with Crippen LogP contribution in [-0.2, 0) is 22.6 Å². The van der Waals surface area contributed by atoms with Gasteiger partial charge >= 0.3 is 0 Å². The first-order valence-corrected chi connectivity index (χ1v) is 11.0. The van der Waals surface area contributed by atoms with Crippen molar-refractivity contribution in [1.29, 1.82) is 0 Å². The lowest BCUT2D eigenvalue weighted by Crippen LogP contribution is -2.38. The molecule has 0 saturated carbocycles. The van der Waals surface area contributed by atoms with E-state index in [0.717, 1.165) is 43.8 Å².